The Kier molecular flexibility index (Phi) is 6.35. The number of rotatable bonds is 6. The van der Waals surface area contributed by atoms with Gasteiger partial charge in [-0.25, -0.2) is 0 Å². The van der Waals surface area contributed by atoms with Gasteiger partial charge in [0.15, 0.2) is 5.11 Å². The van der Waals surface area contributed by atoms with Crippen LogP contribution in [0.2, 0.25) is 0 Å². The van der Waals surface area contributed by atoms with Crippen LogP contribution in [0.15, 0.2) is 24.3 Å². The Labute approximate surface area is 107 Å². The van der Waals surface area contributed by atoms with E-state index in [-0.39, 0.29) is 0 Å². The second-order valence-electron chi connectivity index (χ2n) is 3.45. The van der Waals surface area contributed by atoms with Gasteiger partial charge in [0.05, 0.1) is 13.7 Å². The number of methoxy groups -OCH3 is 2. The summed E-state index contributed by atoms with van der Waals surface area (Å²) in [5.74, 6) is 0.856. The summed E-state index contributed by atoms with van der Waals surface area (Å²) in [6.45, 7) is 2.05. The summed E-state index contributed by atoms with van der Waals surface area (Å²) in [7, 11) is 3.32. The molecular formula is C12H18N2O2S. The lowest BCUT2D eigenvalue weighted by Gasteiger charge is -2.10. The third-order valence-corrected chi connectivity index (χ3v) is 2.49. The second-order valence-corrected chi connectivity index (χ2v) is 3.86. The van der Waals surface area contributed by atoms with Crippen molar-refractivity contribution in [1.82, 2.24) is 10.6 Å². The topological polar surface area (TPSA) is 42.5 Å². The number of benzene rings is 1. The highest BCUT2D eigenvalue weighted by molar-refractivity contribution is 7.80. The quantitative estimate of drug-likeness (QED) is 0.592. The zero-order valence-corrected chi connectivity index (χ0v) is 11.0. The fourth-order valence-corrected chi connectivity index (χ4v) is 1.43. The molecule has 0 atom stereocenters. The smallest absolute Gasteiger partial charge is 0.166 e. The molecule has 0 spiro atoms. The molecule has 0 saturated carbocycles. The van der Waals surface area contributed by atoms with Gasteiger partial charge in [0.2, 0.25) is 0 Å². The van der Waals surface area contributed by atoms with Crippen molar-refractivity contribution in [2.45, 2.75) is 6.54 Å². The molecular weight excluding hydrogens is 236 g/mol. The van der Waals surface area contributed by atoms with Crippen molar-refractivity contribution in [3.63, 3.8) is 0 Å². The molecule has 2 N–H and O–H groups in total. The van der Waals surface area contributed by atoms with Gasteiger partial charge in [0.25, 0.3) is 0 Å². The largest absolute Gasteiger partial charge is 0.497 e. The van der Waals surface area contributed by atoms with Gasteiger partial charge in [-0.1, -0.05) is 12.1 Å². The fourth-order valence-electron chi connectivity index (χ4n) is 1.25. The van der Waals surface area contributed by atoms with Crippen LogP contribution in [0.1, 0.15) is 5.56 Å². The van der Waals surface area contributed by atoms with Gasteiger partial charge >= 0.3 is 0 Å². The summed E-state index contributed by atoms with van der Waals surface area (Å²) < 4.78 is 10.0. The maximum absolute atomic E-state index is 5.11. The zero-order valence-electron chi connectivity index (χ0n) is 10.2. The molecule has 0 fully saturated rings. The van der Waals surface area contributed by atoms with Crippen molar-refractivity contribution >= 4 is 17.3 Å². The molecule has 1 rings (SSSR count). The Hall–Kier alpha value is -1.33. The first kappa shape index (κ1) is 13.7. The third kappa shape index (κ3) is 5.51. The normalized spacial score (nSPS) is 9.76. The van der Waals surface area contributed by atoms with Gasteiger partial charge in [-0.05, 0) is 29.9 Å². The summed E-state index contributed by atoms with van der Waals surface area (Å²) >= 11 is 5.11. The highest BCUT2D eigenvalue weighted by Gasteiger charge is 1.97. The predicted octanol–water partition coefficient (Wildman–Crippen LogP) is 1.31. The number of hydrogen-bond donors (Lipinski definition) is 2. The van der Waals surface area contributed by atoms with Crippen LogP contribution in [-0.2, 0) is 11.3 Å². The molecule has 17 heavy (non-hydrogen) atoms. The molecule has 0 bridgehead atoms. The lowest BCUT2D eigenvalue weighted by Crippen LogP contribution is -2.36. The first-order valence-electron chi connectivity index (χ1n) is 5.40. The summed E-state index contributed by atoms with van der Waals surface area (Å²) in [6, 6.07) is 7.87. The molecule has 0 unspecified atom stereocenters. The summed E-state index contributed by atoms with van der Waals surface area (Å²) in [5, 5.41) is 6.80. The molecule has 0 heterocycles. The monoisotopic (exact) mass is 254 g/mol. The van der Waals surface area contributed by atoms with Crippen LogP contribution in [-0.4, -0.2) is 32.5 Å². The summed E-state index contributed by atoms with van der Waals surface area (Å²) in [4.78, 5) is 0. The lowest BCUT2D eigenvalue weighted by atomic mass is 10.2. The molecule has 0 amide bonds. The lowest BCUT2D eigenvalue weighted by molar-refractivity contribution is 0.204. The van der Waals surface area contributed by atoms with E-state index in [0.717, 1.165) is 11.3 Å². The van der Waals surface area contributed by atoms with Crippen LogP contribution in [0.4, 0.5) is 0 Å². The number of thiocarbonyl (C=S) groups is 1. The average Bonchev–Trinajstić information content (AvgIpc) is 2.37. The van der Waals surface area contributed by atoms with Crippen molar-refractivity contribution < 1.29 is 9.47 Å². The van der Waals surface area contributed by atoms with E-state index in [2.05, 4.69) is 10.6 Å². The third-order valence-electron chi connectivity index (χ3n) is 2.20. The molecule has 0 aromatic heterocycles. The van der Waals surface area contributed by atoms with E-state index in [1.165, 1.54) is 0 Å². The minimum Gasteiger partial charge on any atom is -0.497 e. The zero-order chi connectivity index (χ0) is 12.5. The molecule has 1 aromatic carbocycles. The van der Waals surface area contributed by atoms with Gasteiger partial charge in [-0.15, -0.1) is 0 Å². The van der Waals surface area contributed by atoms with E-state index in [9.17, 15) is 0 Å². The van der Waals surface area contributed by atoms with Crippen LogP contribution in [0.25, 0.3) is 0 Å². The van der Waals surface area contributed by atoms with Crippen molar-refractivity contribution in [2.24, 2.45) is 0 Å². The second kappa shape index (κ2) is 7.86. The number of nitrogens with one attached hydrogen (secondary N) is 2. The maximum Gasteiger partial charge on any atom is 0.166 e. The predicted molar refractivity (Wildman–Crippen MR) is 72.3 cm³/mol. The van der Waals surface area contributed by atoms with E-state index in [0.29, 0.717) is 24.8 Å². The minimum atomic E-state index is 0.637. The summed E-state index contributed by atoms with van der Waals surface area (Å²) in [6.07, 6.45) is 0. The van der Waals surface area contributed by atoms with Crippen LogP contribution in [0.5, 0.6) is 5.75 Å². The molecule has 0 aliphatic heterocycles. The average molecular weight is 254 g/mol. The van der Waals surface area contributed by atoms with Crippen LogP contribution in [0, 0.1) is 0 Å². The first-order chi connectivity index (χ1) is 8.26. The molecule has 0 radical (unpaired) electrons. The van der Waals surface area contributed by atoms with Gasteiger partial charge in [-0.3, -0.25) is 0 Å². The van der Waals surface area contributed by atoms with Crippen molar-refractivity contribution in [3.05, 3.63) is 29.8 Å². The van der Waals surface area contributed by atoms with E-state index in [1.54, 1.807) is 14.2 Å². The van der Waals surface area contributed by atoms with Crippen molar-refractivity contribution in [2.75, 3.05) is 27.4 Å². The van der Waals surface area contributed by atoms with Crippen LogP contribution >= 0.6 is 12.2 Å². The number of ether oxygens (including phenoxy) is 2. The molecule has 1 aromatic rings. The fraction of sp³-hybridized carbons (Fsp3) is 0.417. The molecule has 0 saturated heterocycles. The van der Waals surface area contributed by atoms with Crippen molar-refractivity contribution in [1.29, 1.82) is 0 Å². The minimum absolute atomic E-state index is 0.637. The molecule has 0 aliphatic carbocycles. The Morgan fingerprint density at radius 3 is 2.47 bits per heavy atom. The number of hydrogen-bond acceptors (Lipinski definition) is 3. The Morgan fingerprint density at radius 2 is 1.88 bits per heavy atom. The van der Waals surface area contributed by atoms with E-state index in [1.807, 2.05) is 24.3 Å². The maximum atomic E-state index is 5.11. The molecule has 5 heteroatoms. The SMILES string of the molecule is COCCNC(=S)NCc1ccc(OC)cc1. The summed E-state index contributed by atoms with van der Waals surface area (Å²) in [5.41, 5.74) is 1.15. The Bertz CT molecular complexity index is 341. The van der Waals surface area contributed by atoms with E-state index >= 15 is 0 Å². The van der Waals surface area contributed by atoms with E-state index in [4.69, 9.17) is 21.7 Å². The first-order valence-corrected chi connectivity index (χ1v) is 5.80. The van der Waals surface area contributed by atoms with Gasteiger partial charge < -0.3 is 20.1 Å². The molecule has 94 valence electrons. The molecule has 0 aliphatic rings. The van der Waals surface area contributed by atoms with E-state index < -0.39 is 0 Å². The van der Waals surface area contributed by atoms with Crippen LogP contribution < -0.4 is 15.4 Å². The van der Waals surface area contributed by atoms with Crippen LogP contribution in [0.3, 0.4) is 0 Å². The molecule has 4 nitrogen and oxygen atoms in total. The Balaban J connectivity index is 2.27. The van der Waals surface area contributed by atoms with Crippen molar-refractivity contribution in [3.8, 4) is 5.75 Å². The van der Waals surface area contributed by atoms with Gasteiger partial charge in [-0.2, -0.15) is 0 Å². The standard InChI is InChI=1S/C12H18N2O2S/c1-15-8-7-13-12(17)14-9-10-3-5-11(16-2)6-4-10/h3-6H,7-9H2,1-2H3,(H2,13,14,17). The highest BCUT2D eigenvalue weighted by atomic mass is 32.1. The van der Waals surface area contributed by atoms with Gasteiger partial charge in [0, 0.05) is 20.2 Å². The highest BCUT2D eigenvalue weighted by Crippen LogP contribution is 2.10. The van der Waals surface area contributed by atoms with Gasteiger partial charge in [0.1, 0.15) is 5.75 Å². The Morgan fingerprint density at radius 1 is 1.18 bits per heavy atom.